The highest BCUT2D eigenvalue weighted by atomic mass is 16.2. The van der Waals surface area contributed by atoms with Crippen molar-refractivity contribution >= 4 is 11.6 Å². The molecule has 17 heavy (non-hydrogen) atoms. The van der Waals surface area contributed by atoms with E-state index in [1.165, 1.54) is 0 Å². The molecule has 0 spiro atoms. The number of benzene rings is 1. The van der Waals surface area contributed by atoms with Crippen LogP contribution in [0.3, 0.4) is 0 Å². The molecular formula is C14H20N2O. The fourth-order valence-corrected chi connectivity index (χ4v) is 2.52. The molecule has 0 N–H and O–H groups in total. The summed E-state index contributed by atoms with van der Waals surface area (Å²) < 4.78 is 0. The minimum Gasteiger partial charge on any atom is -0.314 e. The number of carbonyl (C=O) groups excluding carboxylic acids is 1. The molecule has 0 unspecified atom stereocenters. The Hall–Kier alpha value is -1.35. The zero-order valence-electron chi connectivity index (χ0n) is 11.0. The van der Waals surface area contributed by atoms with Crippen molar-refractivity contribution < 1.29 is 4.79 Å². The fraction of sp³-hybridized carbons (Fsp3) is 0.500. The molecule has 3 nitrogen and oxygen atoms in total. The molecule has 0 saturated carbocycles. The van der Waals surface area contributed by atoms with E-state index in [9.17, 15) is 4.79 Å². The van der Waals surface area contributed by atoms with Crippen molar-refractivity contribution in [3.05, 3.63) is 29.8 Å². The van der Waals surface area contributed by atoms with Crippen molar-refractivity contribution in [3.8, 4) is 0 Å². The molecule has 2 rings (SSSR count). The van der Waals surface area contributed by atoms with E-state index in [2.05, 4.69) is 17.9 Å². The molecule has 0 bridgehead atoms. The molecule has 1 aromatic rings. The quantitative estimate of drug-likeness (QED) is 0.794. The van der Waals surface area contributed by atoms with Gasteiger partial charge in [0.05, 0.1) is 5.41 Å². The summed E-state index contributed by atoms with van der Waals surface area (Å²) in [5, 5.41) is 0. The number of likely N-dealkylation sites (N-methyl/N-ethyl adjacent to an activating group) is 1. The van der Waals surface area contributed by atoms with E-state index in [4.69, 9.17) is 0 Å². The van der Waals surface area contributed by atoms with E-state index in [1.807, 2.05) is 39.3 Å². The van der Waals surface area contributed by atoms with Crippen molar-refractivity contribution in [2.45, 2.75) is 18.8 Å². The third kappa shape index (κ3) is 1.84. The van der Waals surface area contributed by atoms with Gasteiger partial charge in [0.25, 0.3) is 0 Å². The van der Waals surface area contributed by atoms with Crippen molar-refractivity contribution in [1.29, 1.82) is 0 Å². The zero-order valence-corrected chi connectivity index (χ0v) is 11.0. The van der Waals surface area contributed by atoms with Gasteiger partial charge in [-0.15, -0.1) is 0 Å². The zero-order chi connectivity index (χ0) is 12.6. The van der Waals surface area contributed by atoms with Crippen molar-refractivity contribution in [3.63, 3.8) is 0 Å². The molecule has 1 aromatic carbocycles. The maximum Gasteiger partial charge on any atom is 0.237 e. The first-order valence-electron chi connectivity index (χ1n) is 5.99. The van der Waals surface area contributed by atoms with E-state index in [0.29, 0.717) is 0 Å². The number of anilines is 1. The molecule has 1 amide bonds. The molecule has 0 aliphatic carbocycles. The van der Waals surface area contributed by atoms with E-state index in [1.54, 1.807) is 4.90 Å². The number of nitrogens with zero attached hydrogens (tertiary/aromatic N) is 2. The first-order valence-corrected chi connectivity index (χ1v) is 5.99. The Balaban J connectivity index is 2.37. The Morgan fingerprint density at radius 3 is 2.59 bits per heavy atom. The maximum absolute atomic E-state index is 12.4. The van der Waals surface area contributed by atoms with Crippen LogP contribution in [0.1, 0.15) is 18.9 Å². The Labute approximate surface area is 103 Å². The number of para-hydroxylation sites is 1. The number of hydrogen-bond donors (Lipinski definition) is 0. The molecule has 1 atom stereocenters. The molecule has 92 valence electrons. The average Bonchev–Trinajstić information content (AvgIpc) is 2.51. The number of rotatable bonds is 3. The summed E-state index contributed by atoms with van der Waals surface area (Å²) in [5.74, 6) is 0.209. The smallest absolute Gasteiger partial charge is 0.237 e. The monoisotopic (exact) mass is 232 g/mol. The van der Waals surface area contributed by atoms with E-state index in [0.717, 1.165) is 24.2 Å². The van der Waals surface area contributed by atoms with Crippen molar-refractivity contribution in [2.75, 3.05) is 32.6 Å². The van der Waals surface area contributed by atoms with Gasteiger partial charge in [-0.3, -0.25) is 4.79 Å². The number of carbonyl (C=O) groups is 1. The molecule has 1 aliphatic rings. The highest BCUT2D eigenvalue weighted by Crippen LogP contribution is 2.42. The molecule has 3 heteroatoms. The van der Waals surface area contributed by atoms with Gasteiger partial charge in [0, 0.05) is 12.7 Å². The van der Waals surface area contributed by atoms with Crippen LogP contribution in [0.25, 0.3) is 0 Å². The first kappa shape index (κ1) is 12.1. The summed E-state index contributed by atoms with van der Waals surface area (Å²) >= 11 is 0. The Morgan fingerprint density at radius 1 is 1.29 bits per heavy atom. The van der Waals surface area contributed by atoms with Gasteiger partial charge >= 0.3 is 0 Å². The number of amides is 1. The lowest BCUT2D eigenvalue weighted by Crippen LogP contribution is -2.38. The van der Waals surface area contributed by atoms with Crippen molar-refractivity contribution in [1.82, 2.24) is 4.90 Å². The SMILES string of the molecule is CN(C)CC[C@@]1(C)C(=O)N(C)c2ccccc21. The highest BCUT2D eigenvalue weighted by molar-refractivity contribution is 6.07. The van der Waals surface area contributed by atoms with E-state index >= 15 is 0 Å². The van der Waals surface area contributed by atoms with Gasteiger partial charge in [-0.2, -0.15) is 0 Å². The standard InChI is InChI=1S/C14H20N2O/c1-14(9-10-15(2)3)11-7-5-6-8-12(11)16(4)13(14)17/h5-8H,9-10H2,1-4H3/t14-/m1/s1. The molecular weight excluding hydrogens is 212 g/mol. The second-order valence-electron chi connectivity index (χ2n) is 5.27. The predicted molar refractivity (Wildman–Crippen MR) is 70.4 cm³/mol. The van der Waals surface area contributed by atoms with Crippen LogP contribution in [0.2, 0.25) is 0 Å². The van der Waals surface area contributed by atoms with Crippen LogP contribution in [-0.2, 0) is 10.2 Å². The van der Waals surface area contributed by atoms with Gasteiger partial charge in [0.15, 0.2) is 0 Å². The van der Waals surface area contributed by atoms with Gasteiger partial charge in [0.2, 0.25) is 5.91 Å². The van der Waals surface area contributed by atoms with Crippen LogP contribution in [0.4, 0.5) is 5.69 Å². The summed E-state index contributed by atoms with van der Waals surface area (Å²) in [4.78, 5) is 16.3. The van der Waals surface area contributed by atoms with E-state index < -0.39 is 0 Å². The van der Waals surface area contributed by atoms with Gasteiger partial charge in [-0.05, 0) is 45.6 Å². The van der Waals surface area contributed by atoms with Gasteiger partial charge in [-0.1, -0.05) is 18.2 Å². The van der Waals surface area contributed by atoms with Crippen LogP contribution in [0.5, 0.6) is 0 Å². The topological polar surface area (TPSA) is 23.6 Å². The van der Waals surface area contributed by atoms with Crippen LogP contribution in [0.15, 0.2) is 24.3 Å². The summed E-state index contributed by atoms with van der Waals surface area (Å²) in [6, 6.07) is 8.10. The van der Waals surface area contributed by atoms with E-state index in [-0.39, 0.29) is 11.3 Å². The maximum atomic E-state index is 12.4. The van der Waals surface area contributed by atoms with Crippen molar-refractivity contribution in [2.24, 2.45) is 0 Å². The lowest BCUT2D eigenvalue weighted by atomic mass is 9.80. The van der Waals surface area contributed by atoms with Crippen LogP contribution < -0.4 is 4.90 Å². The molecule has 1 aliphatic heterocycles. The highest BCUT2D eigenvalue weighted by Gasteiger charge is 2.45. The third-order valence-electron chi connectivity index (χ3n) is 3.70. The van der Waals surface area contributed by atoms with Crippen LogP contribution in [0, 0.1) is 0 Å². The molecule has 0 aromatic heterocycles. The molecule has 0 radical (unpaired) electrons. The lowest BCUT2D eigenvalue weighted by Gasteiger charge is -2.25. The Kier molecular flexibility index (Phi) is 2.96. The van der Waals surface area contributed by atoms with Crippen LogP contribution >= 0.6 is 0 Å². The normalized spacial score (nSPS) is 23.4. The summed E-state index contributed by atoms with van der Waals surface area (Å²) in [6.45, 7) is 2.98. The Bertz CT molecular complexity index is 442. The fourth-order valence-electron chi connectivity index (χ4n) is 2.52. The summed E-state index contributed by atoms with van der Waals surface area (Å²) in [7, 11) is 5.94. The lowest BCUT2D eigenvalue weighted by molar-refractivity contribution is -0.122. The van der Waals surface area contributed by atoms with Gasteiger partial charge in [0.1, 0.15) is 0 Å². The van der Waals surface area contributed by atoms with Gasteiger partial charge < -0.3 is 9.80 Å². The largest absolute Gasteiger partial charge is 0.314 e. The minimum atomic E-state index is -0.365. The second kappa shape index (κ2) is 4.15. The first-order chi connectivity index (χ1) is 7.97. The van der Waals surface area contributed by atoms with Crippen LogP contribution in [-0.4, -0.2) is 38.5 Å². The predicted octanol–water partition coefficient (Wildman–Crippen LogP) is 1.87. The summed E-state index contributed by atoms with van der Waals surface area (Å²) in [6.07, 6.45) is 0.861. The molecule has 0 saturated heterocycles. The molecule has 1 heterocycles. The number of fused-ring (bicyclic) bond motifs is 1. The summed E-state index contributed by atoms with van der Waals surface area (Å²) in [5.41, 5.74) is 1.85. The number of hydrogen-bond acceptors (Lipinski definition) is 2. The Morgan fingerprint density at radius 2 is 1.94 bits per heavy atom. The second-order valence-corrected chi connectivity index (χ2v) is 5.27. The molecule has 0 fully saturated rings. The average molecular weight is 232 g/mol. The minimum absolute atomic E-state index is 0.209. The third-order valence-corrected chi connectivity index (χ3v) is 3.70. The van der Waals surface area contributed by atoms with Gasteiger partial charge in [-0.25, -0.2) is 0 Å².